The average Bonchev–Trinajstić information content (AvgIpc) is 2.94. The van der Waals surface area contributed by atoms with Crippen LogP contribution in [0.4, 0.5) is 18.9 Å². The number of nitrogens with zero attached hydrogens (tertiary/aromatic N) is 1. The summed E-state index contributed by atoms with van der Waals surface area (Å²) in [5.74, 6) is -2.85. The first-order valence-corrected chi connectivity index (χ1v) is 7.95. The molecular formula is C17H19F3N2O4. The van der Waals surface area contributed by atoms with Gasteiger partial charge >= 0.3 is 12.1 Å². The SMILES string of the molecule is Cc1cccc(N2C[C@H](C(=O)OCC(=O)NCC(F)(F)F)CC2=O)c1C. The van der Waals surface area contributed by atoms with Crippen molar-refractivity contribution < 1.29 is 32.3 Å². The van der Waals surface area contributed by atoms with Crippen molar-refractivity contribution in [2.45, 2.75) is 26.4 Å². The third-order valence-electron chi connectivity index (χ3n) is 4.16. The normalized spacial score (nSPS) is 17.3. The highest BCUT2D eigenvalue weighted by molar-refractivity contribution is 6.00. The van der Waals surface area contributed by atoms with Crippen molar-refractivity contribution in [3.63, 3.8) is 0 Å². The van der Waals surface area contributed by atoms with Gasteiger partial charge in [0, 0.05) is 18.7 Å². The lowest BCUT2D eigenvalue weighted by molar-refractivity contribution is -0.154. The largest absolute Gasteiger partial charge is 0.455 e. The van der Waals surface area contributed by atoms with Crippen molar-refractivity contribution in [2.24, 2.45) is 5.92 Å². The fourth-order valence-electron chi connectivity index (χ4n) is 2.63. The first-order chi connectivity index (χ1) is 12.1. The van der Waals surface area contributed by atoms with Crippen LogP contribution in [0.5, 0.6) is 0 Å². The van der Waals surface area contributed by atoms with Crippen molar-refractivity contribution >= 4 is 23.5 Å². The van der Waals surface area contributed by atoms with E-state index in [1.165, 1.54) is 4.90 Å². The predicted molar refractivity (Wildman–Crippen MR) is 86.4 cm³/mol. The lowest BCUT2D eigenvalue weighted by Crippen LogP contribution is -2.37. The van der Waals surface area contributed by atoms with Gasteiger partial charge in [0.25, 0.3) is 5.91 Å². The molecule has 1 heterocycles. The van der Waals surface area contributed by atoms with Crippen LogP contribution in [-0.4, -0.2) is 43.7 Å². The maximum atomic E-state index is 12.2. The molecule has 0 saturated carbocycles. The molecule has 1 aromatic carbocycles. The number of aryl methyl sites for hydroxylation is 1. The van der Waals surface area contributed by atoms with Gasteiger partial charge in [-0.25, -0.2) is 0 Å². The number of amides is 2. The zero-order valence-corrected chi connectivity index (χ0v) is 14.4. The van der Waals surface area contributed by atoms with Gasteiger partial charge in [-0.05, 0) is 31.0 Å². The molecule has 1 fully saturated rings. The van der Waals surface area contributed by atoms with Crippen LogP contribution in [0, 0.1) is 19.8 Å². The van der Waals surface area contributed by atoms with E-state index < -0.39 is 37.1 Å². The van der Waals surface area contributed by atoms with Crippen molar-refractivity contribution in [3.8, 4) is 0 Å². The minimum absolute atomic E-state index is 0.0730. The highest BCUT2D eigenvalue weighted by Crippen LogP contribution is 2.29. The number of benzene rings is 1. The fraction of sp³-hybridized carbons (Fsp3) is 0.471. The zero-order chi connectivity index (χ0) is 19.5. The van der Waals surface area contributed by atoms with Crippen LogP contribution in [-0.2, 0) is 19.1 Å². The fourth-order valence-corrected chi connectivity index (χ4v) is 2.63. The molecule has 0 spiro atoms. The second kappa shape index (κ2) is 7.76. The van der Waals surface area contributed by atoms with E-state index in [4.69, 9.17) is 4.74 Å². The number of carbonyl (C=O) groups excluding carboxylic acids is 3. The molecule has 1 aromatic rings. The van der Waals surface area contributed by atoms with E-state index in [1.54, 1.807) is 11.4 Å². The van der Waals surface area contributed by atoms with Gasteiger partial charge in [0.05, 0.1) is 5.92 Å². The van der Waals surface area contributed by atoms with Crippen molar-refractivity contribution in [3.05, 3.63) is 29.3 Å². The molecule has 0 bridgehead atoms. The molecule has 1 aliphatic heterocycles. The van der Waals surface area contributed by atoms with Crippen LogP contribution < -0.4 is 10.2 Å². The smallest absolute Gasteiger partial charge is 0.405 e. The van der Waals surface area contributed by atoms with Crippen LogP contribution in [0.25, 0.3) is 0 Å². The lowest BCUT2D eigenvalue weighted by Gasteiger charge is -2.20. The molecule has 142 valence electrons. The molecule has 0 aliphatic carbocycles. The molecule has 26 heavy (non-hydrogen) atoms. The number of esters is 1. The molecular weight excluding hydrogens is 353 g/mol. The summed E-state index contributed by atoms with van der Waals surface area (Å²) in [6.45, 7) is 1.57. The molecule has 9 heteroatoms. The van der Waals surface area contributed by atoms with Gasteiger partial charge < -0.3 is 15.0 Å². The summed E-state index contributed by atoms with van der Waals surface area (Å²) in [4.78, 5) is 37.0. The number of anilines is 1. The quantitative estimate of drug-likeness (QED) is 0.801. The second-order valence-corrected chi connectivity index (χ2v) is 6.12. The van der Waals surface area contributed by atoms with E-state index >= 15 is 0 Å². The zero-order valence-electron chi connectivity index (χ0n) is 14.4. The summed E-state index contributed by atoms with van der Waals surface area (Å²) in [7, 11) is 0. The van der Waals surface area contributed by atoms with Gasteiger partial charge in [0.2, 0.25) is 5.91 Å². The number of hydrogen-bond donors (Lipinski definition) is 1. The minimum Gasteiger partial charge on any atom is -0.455 e. The number of hydrogen-bond acceptors (Lipinski definition) is 4. The molecule has 0 radical (unpaired) electrons. The predicted octanol–water partition coefficient (Wildman–Crippen LogP) is 1.88. The number of alkyl halides is 3. The van der Waals surface area contributed by atoms with E-state index in [0.717, 1.165) is 11.1 Å². The maximum Gasteiger partial charge on any atom is 0.405 e. The van der Waals surface area contributed by atoms with Crippen molar-refractivity contribution in [2.75, 3.05) is 24.6 Å². The third kappa shape index (κ3) is 4.96. The van der Waals surface area contributed by atoms with E-state index in [-0.39, 0.29) is 18.9 Å². The Labute approximate surface area is 148 Å². The summed E-state index contributed by atoms with van der Waals surface area (Å²) < 4.78 is 40.8. The molecule has 6 nitrogen and oxygen atoms in total. The Kier molecular flexibility index (Phi) is 5.89. The first-order valence-electron chi connectivity index (χ1n) is 7.95. The Morgan fingerprint density at radius 1 is 1.31 bits per heavy atom. The van der Waals surface area contributed by atoms with E-state index in [2.05, 4.69) is 0 Å². The summed E-state index contributed by atoms with van der Waals surface area (Å²) in [5.41, 5.74) is 2.62. The number of nitrogens with one attached hydrogen (secondary N) is 1. The second-order valence-electron chi connectivity index (χ2n) is 6.12. The number of carbonyl (C=O) groups is 3. The maximum absolute atomic E-state index is 12.2. The monoisotopic (exact) mass is 372 g/mol. The number of rotatable bonds is 5. The van der Waals surface area contributed by atoms with Gasteiger partial charge in [0.15, 0.2) is 6.61 Å². The van der Waals surface area contributed by atoms with Crippen LogP contribution in [0.2, 0.25) is 0 Å². The van der Waals surface area contributed by atoms with Crippen LogP contribution in [0.1, 0.15) is 17.5 Å². The molecule has 1 saturated heterocycles. The van der Waals surface area contributed by atoms with Crippen LogP contribution >= 0.6 is 0 Å². The Bertz CT molecular complexity index is 718. The Morgan fingerprint density at radius 3 is 2.65 bits per heavy atom. The van der Waals surface area contributed by atoms with E-state index in [9.17, 15) is 27.6 Å². The topological polar surface area (TPSA) is 75.7 Å². The Balaban J connectivity index is 1.91. The standard InChI is InChI=1S/C17H19F3N2O4/c1-10-4-3-5-13(11(10)2)22-7-12(6-15(22)24)16(25)26-8-14(23)21-9-17(18,19)20/h3-5,12H,6-9H2,1-2H3,(H,21,23)/t12-/m1/s1. The lowest BCUT2D eigenvalue weighted by atomic mass is 10.1. The summed E-state index contributed by atoms with van der Waals surface area (Å²) in [6, 6.07) is 5.49. The first kappa shape index (κ1) is 19.7. The molecule has 1 aliphatic rings. The molecule has 1 N–H and O–H groups in total. The van der Waals surface area contributed by atoms with Gasteiger partial charge in [-0.2, -0.15) is 13.2 Å². The van der Waals surface area contributed by atoms with Gasteiger partial charge in [-0.15, -0.1) is 0 Å². The van der Waals surface area contributed by atoms with Gasteiger partial charge in [-0.1, -0.05) is 12.1 Å². The van der Waals surface area contributed by atoms with Gasteiger partial charge in [0.1, 0.15) is 6.54 Å². The molecule has 0 unspecified atom stereocenters. The molecule has 1 atom stereocenters. The van der Waals surface area contributed by atoms with Crippen molar-refractivity contribution in [1.29, 1.82) is 0 Å². The number of halogens is 3. The van der Waals surface area contributed by atoms with Crippen LogP contribution in [0.15, 0.2) is 18.2 Å². The van der Waals surface area contributed by atoms with Crippen molar-refractivity contribution in [1.82, 2.24) is 5.32 Å². The average molecular weight is 372 g/mol. The summed E-state index contributed by atoms with van der Waals surface area (Å²) >= 11 is 0. The summed E-state index contributed by atoms with van der Waals surface area (Å²) in [6.07, 6.45) is -4.61. The van der Waals surface area contributed by atoms with Gasteiger partial charge in [-0.3, -0.25) is 14.4 Å². The third-order valence-corrected chi connectivity index (χ3v) is 4.16. The van der Waals surface area contributed by atoms with Crippen LogP contribution in [0.3, 0.4) is 0 Å². The summed E-state index contributed by atoms with van der Waals surface area (Å²) in [5, 5.41) is 1.61. The Morgan fingerprint density at radius 2 is 2.00 bits per heavy atom. The molecule has 2 amide bonds. The van der Waals surface area contributed by atoms with E-state index in [0.29, 0.717) is 5.69 Å². The minimum atomic E-state index is -4.54. The number of ether oxygens (including phenoxy) is 1. The highest BCUT2D eigenvalue weighted by Gasteiger charge is 2.37. The Hall–Kier alpha value is -2.58. The van der Waals surface area contributed by atoms with E-state index in [1.807, 2.05) is 26.0 Å². The molecule has 0 aromatic heterocycles. The molecule has 2 rings (SSSR count). The highest BCUT2D eigenvalue weighted by atomic mass is 19.4.